The number of non-ortho nitro benzene ring substituents is 1. The smallest absolute Gasteiger partial charge is 0.325 e. The molecule has 0 saturated carbocycles. The molecule has 1 aliphatic rings. The van der Waals surface area contributed by atoms with Gasteiger partial charge in [-0.1, -0.05) is 11.3 Å². The van der Waals surface area contributed by atoms with E-state index in [-0.39, 0.29) is 27.5 Å². The van der Waals surface area contributed by atoms with Gasteiger partial charge in [0.15, 0.2) is 4.80 Å². The largest absolute Gasteiger partial charge is 0.468 e. The maximum Gasteiger partial charge on any atom is 0.325 e. The molecule has 0 bridgehead atoms. The molecule has 0 N–H and O–H groups in total. The Bertz CT molecular complexity index is 1450. The van der Waals surface area contributed by atoms with Gasteiger partial charge in [0.2, 0.25) is 10.0 Å². The van der Waals surface area contributed by atoms with Crippen LogP contribution in [0.15, 0.2) is 52.4 Å². The van der Waals surface area contributed by atoms with Crippen LogP contribution in [0.3, 0.4) is 0 Å². The van der Waals surface area contributed by atoms with E-state index in [1.54, 1.807) is 0 Å². The Labute approximate surface area is 198 Å². The lowest BCUT2D eigenvalue weighted by Crippen LogP contribution is -2.27. The number of amides is 1. The highest BCUT2D eigenvalue weighted by Crippen LogP contribution is 2.24. The predicted molar refractivity (Wildman–Crippen MR) is 123 cm³/mol. The van der Waals surface area contributed by atoms with Crippen molar-refractivity contribution in [2.45, 2.75) is 24.3 Å². The van der Waals surface area contributed by atoms with Gasteiger partial charge >= 0.3 is 5.97 Å². The quantitative estimate of drug-likeness (QED) is 0.285. The monoisotopic (exact) mass is 504 g/mol. The lowest BCUT2D eigenvalue weighted by atomic mass is 10.2. The average molecular weight is 505 g/mol. The Balaban J connectivity index is 1.71. The summed E-state index contributed by atoms with van der Waals surface area (Å²) in [6, 6.07) is 9.66. The van der Waals surface area contributed by atoms with Crippen LogP contribution in [0.1, 0.15) is 23.2 Å². The molecule has 1 aliphatic heterocycles. The molecule has 34 heavy (non-hydrogen) atoms. The zero-order chi connectivity index (χ0) is 24.5. The van der Waals surface area contributed by atoms with E-state index in [9.17, 15) is 28.1 Å². The molecule has 0 radical (unpaired) electrons. The lowest BCUT2D eigenvalue weighted by molar-refractivity contribution is -0.384. The standard InChI is InChI=1S/C21H20N4O7S2/c1-32-19(26)13-24-17-12-15(25(28)29)6-9-18(17)33-21(24)22-20(27)14-4-7-16(8-5-14)34(30,31)23-10-2-3-11-23/h4-9,12H,2-3,10-11,13H2,1H3. The van der Waals surface area contributed by atoms with Crippen molar-refractivity contribution in [2.24, 2.45) is 4.99 Å². The highest BCUT2D eigenvalue weighted by atomic mass is 32.2. The van der Waals surface area contributed by atoms with Crippen molar-refractivity contribution in [3.05, 3.63) is 62.9 Å². The average Bonchev–Trinajstić information content (AvgIpc) is 3.48. The van der Waals surface area contributed by atoms with Crippen molar-refractivity contribution >= 4 is 49.1 Å². The van der Waals surface area contributed by atoms with Gasteiger partial charge in [-0.25, -0.2) is 8.42 Å². The Hall–Kier alpha value is -3.42. The number of nitro groups is 1. The van der Waals surface area contributed by atoms with E-state index in [2.05, 4.69) is 4.99 Å². The van der Waals surface area contributed by atoms with Gasteiger partial charge in [-0.15, -0.1) is 0 Å². The molecule has 1 saturated heterocycles. The van der Waals surface area contributed by atoms with Crippen LogP contribution >= 0.6 is 11.3 Å². The molecular formula is C21H20N4O7S2. The van der Waals surface area contributed by atoms with Gasteiger partial charge in [0.1, 0.15) is 6.54 Å². The number of carbonyl (C=O) groups is 2. The van der Waals surface area contributed by atoms with E-state index >= 15 is 0 Å². The maximum absolute atomic E-state index is 12.8. The molecule has 11 nitrogen and oxygen atoms in total. The van der Waals surface area contributed by atoms with Crippen LogP contribution in [0.2, 0.25) is 0 Å². The van der Waals surface area contributed by atoms with Gasteiger partial charge < -0.3 is 9.30 Å². The SMILES string of the molecule is COC(=O)Cn1c(=NC(=O)c2ccc(S(=O)(=O)N3CCCC3)cc2)sc2ccc([N+](=O)[O-])cc21. The highest BCUT2D eigenvalue weighted by Gasteiger charge is 2.27. The molecule has 2 aromatic carbocycles. The molecule has 0 unspecified atom stereocenters. The predicted octanol–water partition coefficient (Wildman–Crippen LogP) is 2.31. The first-order valence-corrected chi connectivity index (χ1v) is 12.5. The number of aromatic nitrogens is 1. The molecular weight excluding hydrogens is 484 g/mol. The fourth-order valence-electron chi connectivity index (χ4n) is 3.60. The molecule has 0 atom stereocenters. The second-order valence-electron chi connectivity index (χ2n) is 7.51. The van der Waals surface area contributed by atoms with Crippen LogP contribution < -0.4 is 4.80 Å². The van der Waals surface area contributed by atoms with Gasteiger partial charge in [0.25, 0.3) is 11.6 Å². The van der Waals surface area contributed by atoms with Gasteiger partial charge in [0.05, 0.1) is 27.1 Å². The van der Waals surface area contributed by atoms with E-state index in [0.29, 0.717) is 23.3 Å². The highest BCUT2D eigenvalue weighted by molar-refractivity contribution is 7.89. The summed E-state index contributed by atoms with van der Waals surface area (Å²) in [6.07, 6.45) is 1.64. The number of benzene rings is 2. The minimum atomic E-state index is -3.61. The number of esters is 1. The fraction of sp³-hybridized carbons (Fsp3) is 0.286. The summed E-state index contributed by atoms with van der Waals surface area (Å²) >= 11 is 1.09. The van der Waals surface area contributed by atoms with Crippen molar-refractivity contribution in [3.63, 3.8) is 0 Å². The van der Waals surface area contributed by atoms with E-state index in [1.807, 2.05) is 0 Å². The molecule has 0 spiro atoms. The van der Waals surface area contributed by atoms with Gasteiger partial charge in [-0.3, -0.25) is 19.7 Å². The molecule has 1 fully saturated rings. The molecule has 3 aromatic rings. The molecule has 0 aliphatic carbocycles. The number of ether oxygens (including phenoxy) is 1. The summed E-state index contributed by atoms with van der Waals surface area (Å²) in [5, 5.41) is 11.2. The van der Waals surface area contributed by atoms with Crippen LogP contribution in [-0.4, -0.2) is 54.3 Å². The van der Waals surface area contributed by atoms with Gasteiger partial charge in [0, 0.05) is 30.8 Å². The Morgan fingerprint density at radius 2 is 1.82 bits per heavy atom. The molecule has 13 heteroatoms. The number of fused-ring (bicyclic) bond motifs is 1. The number of rotatable bonds is 6. The number of hydrogen-bond donors (Lipinski definition) is 0. The van der Waals surface area contributed by atoms with Crippen molar-refractivity contribution < 1.29 is 27.7 Å². The Kier molecular flexibility index (Phi) is 6.59. The van der Waals surface area contributed by atoms with Gasteiger partial charge in [-0.2, -0.15) is 9.30 Å². The van der Waals surface area contributed by atoms with Crippen LogP contribution in [0, 0.1) is 10.1 Å². The van der Waals surface area contributed by atoms with E-state index < -0.39 is 26.8 Å². The zero-order valence-electron chi connectivity index (χ0n) is 18.0. The lowest BCUT2D eigenvalue weighted by Gasteiger charge is -2.15. The van der Waals surface area contributed by atoms with Crippen LogP contribution in [0.4, 0.5) is 5.69 Å². The Morgan fingerprint density at radius 1 is 1.15 bits per heavy atom. The number of hydrogen-bond acceptors (Lipinski definition) is 8. The van der Waals surface area contributed by atoms with Crippen molar-refractivity contribution in [3.8, 4) is 0 Å². The summed E-state index contributed by atoms with van der Waals surface area (Å²) in [6.45, 7) is 0.655. The first kappa shape index (κ1) is 23.7. The summed E-state index contributed by atoms with van der Waals surface area (Å²) < 4.78 is 33.5. The Morgan fingerprint density at radius 3 is 2.44 bits per heavy atom. The number of carbonyl (C=O) groups excluding carboxylic acids is 2. The number of thiazole rings is 1. The minimum absolute atomic E-state index is 0.0980. The fourth-order valence-corrected chi connectivity index (χ4v) is 6.13. The zero-order valence-corrected chi connectivity index (χ0v) is 19.7. The molecule has 4 rings (SSSR count). The van der Waals surface area contributed by atoms with Crippen LogP contribution in [0.25, 0.3) is 10.2 Å². The molecule has 178 valence electrons. The third kappa shape index (κ3) is 4.62. The number of methoxy groups -OCH3 is 1. The van der Waals surface area contributed by atoms with Crippen molar-refractivity contribution in [2.75, 3.05) is 20.2 Å². The van der Waals surface area contributed by atoms with Crippen LogP contribution in [0.5, 0.6) is 0 Å². The molecule has 2 heterocycles. The topological polar surface area (TPSA) is 141 Å². The summed E-state index contributed by atoms with van der Waals surface area (Å²) in [4.78, 5) is 39.7. The van der Waals surface area contributed by atoms with Crippen molar-refractivity contribution in [1.29, 1.82) is 0 Å². The number of nitrogens with zero attached hydrogens (tertiary/aromatic N) is 4. The summed E-state index contributed by atoms with van der Waals surface area (Å²) in [7, 11) is -2.40. The second-order valence-corrected chi connectivity index (χ2v) is 10.5. The van der Waals surface area contributed by atoms with E-state index in [4.69, 9.17) is 4.74 Å². The second kappa shape index (κ2) is 9.44. The number of sulfonamides is 1. The maximum atomic E-state index is 12.8. The van der Waals surface area contributed by atoms with E-state index in [1.165, 1.54) is 58.4 Å². The third-order valence-electron chi connectivity index (χ3n) is 5.39. The first-order valence-electron chi connectivity index (χ1n) is 10.2. The third-order valence-corrected chi connectivity index (χ3v) is 8.36. The summed E-state index contributed by atoms with van der Waals surface area (Å²) in [5.74, 6) is -1.26. The summed E-state index contributed by atoms with van der Waals surface area (Å²) in [5.41, 5.74) is 0.355. The van der Waals surface area contributed by atoms with Crippen molar-refractivity contribution in [1.82, 2.24) is 8.87 Å². The van der Waals surface area contributed by atoms with E-state index in [0.717, 1.165) is 24.2 Å². The van der Waals surface area contributed by atoms with Crippen LogP contribution in [-0.2, 0) is 26.1 Å². The molecule has 1 aromatic heterocycles. The normalized spacial score (nSPS) is 15.0. The molecule has 1 amide bonds. The minimum Gasteiger partial charge on any atom is -0.468 e. The van der Waals surface area contributed by atoms with Gasteiger partial charge in [-0.05, 0) is 43.2 Å². The number of nitro benzene ring substituents is 1. The first-order chi connectivity index (χ1) is 16.2.